The number of benzene rings is 1. The number of unbranched alkanes of at least 4 members (excludes halogenated alkanes) is 4. The van der Waals surface area contributed by atoms with Gasteiger partial charge in [-0.25, -0.2) is 0 Å². The molecule has 4 heteroatoms. The summed E-state index contributed by atoms with van der Waals surface area (Å²) in [4.78, 5) is 26.0. The number of carbonyl (C=O) groups is 2. The molecule has 0 bridgehead atoms. The molecule has 146 valence electrons. The maximum atomic E-state index is 13.1. The van der Waals surface area contributed by atoms with Gasteiger partial charge in [0.25, 0.3) is 0 Å². The Balaban J connectivity index is 2.98. The molecule has 0 aliphatic carbocycles. The standard InChI is InChI=1S/C22H34O4/c1-4-7-13-18-25-20(23)22(16-8-5-2,17-9-6-3)21(24)26-19-14-11-10-12-15-19/h10-12,14-15H,4-9,13,16-18H2,1-3H3. The van der Waals surface area contributed by atoms with E-state index in [4.69, 9.17) is 9.47 Å². The van der Waals surface area contributed by atoms with Gasteiger partial charge in [0.15, 0.2) is 5.41 Å². The number of hydrogen-bond acceptors (Lipinski definition) is 4. The zero-order valence-corrected chi connectivity index (χ0v) is 16.6. The molecule has 0 saturated heterocycles. The van der Waals surface area contributed by atoms with Gasteiger partial charge in [-0.1, -0.05) is 77.5 Å². The van der Waals surface area contributed by atoms with Crippen LogP contribution in [0.3, 0.4) is 0 Å². The van der Waals surface area contributed by atoms with Gasteiger partial charge in [0.1, 0.15) is 5.75 Å². The average molecular weight is 363 g/mol. The molecule has 0 atom stereocenters. The zero-order valence-electron chi connectivity index (χ0n) is 16.6. The molecule has 0 fully saturated rings. The fourth-order valence-corrected chi connectivity index (χ4v) is 2.92. The van der Waals surface area contributed by atoms with Crippen LogP contribution in [0.25, 0.3) is 0 Å². The summed E-state index contributed by atoms with van der Waals surface area (Å²) in [5.74, 6) is -0.434. The molecule has 26 heavy (non-hydrogen) atoms. The summed E-state index contributed by atoms with van der Waals surface area (Å²) in [5.41, 5.74) is -1.20. The highest BCUT2D eigenvalue weighted by atomic mass is 16.6. The molecule has 0 amide bonds. The Morgan fingerprint density at radius 2 is 1.38 bits per heavy atom. The van der Waals surface area contributed by atoms with Gasteiger partial charge in [0.05, 0.1) is 6.61 Å². The van der Waals surface area contributed by atoms with Crippen molar-refractivity contribution >= 4 is 11.9 Å². The number of ether oxygens (including phenoxy) is 2. The molecule has 0 radical (unpaired) electrons. The van der Waals surface area contributed by atoms with Gasteiger partial charge in [-0.05, 0) is 31.4 Å². The maximum absolute atomic E-state index is 13.1. The molecule has 1 aromatic carbocycles. The topological polar surface area (TPSA) is 52.6 Å². The Hall–Kier alpha value is -1.84. The van der Waals surface area contributed by atoms with E-state index in [2.05, 4.69) is 20.8 Å². The fourth-order valence-electron chi connectivity index (χ4n) is 2.92. The van der Waals surface area contributed by atoms with Gasteiger partial charge < -0.3 is 9.47 Å². The molecule has 0 aromatic heterocycles. The number of hydrogen-bond donors (Lipinski definition) is 0. The summed E-state index contributed by atoms with van der Waals surface area (Å²) < 4.78 is 11.1. The first-order valence-corrected chi connectivity index (χ1v) is 10.0. The highest BCUT2D eigenvalue weighted by Crippen LogP contribution is 2.35. The first-order valence-electron chi connectivity index (χ1n) is 10.0. The van der Waals surface area contributed by atoms with Crippen molar-refractivity contribution in [2.75, 3.05) is 6.61 Å². The lowest BCUT2D eigenvalue weighted by Crippen LogP contribution is -2.43. The van der Waals surface area contributed by atoms with Crippen molar-refractivity contribution in [1.82, 2.24) is 0 Å². The van der Waals surface area contributed by atoms with Gasteiger partial charge in [0.2, 0.25) is 0 Å². The lowest BCUT2D eigenvalue weighted by molar-refractivity contribution is -0.169. The fraction of sp³-hybridized carbons (Fsp3) is 0.636. The number of esters is 2. The van der Waals surface area contributed by atoms with Crippen LogP contribution in [-0.2, 0) is 14.3 Å². The summed E-state index contributed by atoms with van der Waals surface area (Å²) in [5, 5.41) is 0. The van der Waals surface area contributed by atoms with Crippen molar-refractivity contribution in [3.8, 4) is 5.75 Å². The first-order chi connectivity index (χ1) is 12.6. The van der Waals surface area contributed by atoms with Gasteiger partial charge >= 0.3 is 11.9 Å². The van der Waals surface area contributed by atoms with Gasteiger partial charge in [0, 0.05) is 0 Å². The molecule has 0 saturated carbocycles. The summed E-state index contributed by atoms with van der Waals surface area (Å²) in [6.07, 6.45) is 7.25. The summed E-state index contributed by atoms with van der Waals surface area (Å²) >= 11 is 0. The van der Waals surface area contributed by atoms with E-state index in [1.165, 1.54) is 0 Å². The molecular formula is C22H34O4. The molecule has 1 aromatic rings. The predicted molar refractivity (Wildman–Crippen MR) is 104 cm³/mol. The Bertz CT molecular complexity index is 516. The third-order valence-electron chi connectivity index (χ3n) is 4.63. The van der Waals surface area contributed by atoms with Crippen LogP contribution in [0.1, 0.15) is 78.6 Å². The minimum atomic E-state index is -1.20. The van der Waals surface area contributed by atoms with Crippen molar-refractivity contribution in [2.24, 2.45) is 5.41 Å². The second kappa shape index (κ2) is 12.5. The van der Waals surface area contributed by atoms with Crippen molar-refractivity contribution in [3.05, 3.63) is 30.3 Å². The van der Waals surface area contributed by atoms with E-state index in [0.29, 0.717) is 25.2 Å². The molecule has 0 spiro atoms. The lowest BCUT2D eigenvalue weighted by Gasteiger charge is -2.29. The normalized spacial score (nSPS) is 11.2. The Labute approximate surface area is 158 Å². The SMILES string of the molecule is CCCCCOC(=O)C(CCCC)(CCCC)C(=O)Oc1ccccc1. The minimum absolute atomic E-state index is 0.366. The number of para-hydroxylation sites is 1. The second-order valence-electron chi connectivity index (χ2n) is 6.83. The summed E-state index contributed by atoms with van der Waals surface area (Å²) in [6, 6.07) is 8.95. The molecule has 0 aliphatic rings. The van der Waals surface area contributed by atoms with Crippen LogP contribution >= 0.6 is 0 Å². The van der Waals surface area contributed by atoms with Crippen LogP contribution < -0.4 is 4.74 Å². The van der Waals surface area contributed by atoms with Crippen molar-refractivity contribution in [1.29, 1.82) is 0 Å². The Morgan fingerprint density at radius 3 is 1.92 bits per heavy atom. The average Bonchev–Trinajstić information content (AvgIpc) is 2.66. The van der Waals surface area contributed by atoms with Gasteiger partial charge in [-0.2, -0.15) is 0 Å². The van der Waals surface area contributed by atoms with E-state index in [0.717, 1.165) is 44.9 Å². The van der Waals surface area contributed by atoms with Crippen LogP contribution in [0.5, 0.6) is 5.75 Å². The maximum Gasteiger partial charge on any atom is 0.328 e. The number of carbonyl (C=O) groups excluding carboxylic acids is 2. The second-order valence-corrected chi connectivity index (χ2v) is 6.83. The molecule has 4 nitrogen and oxygen atoms in total. The largest absolute Gasteiger partial charge is 0.465 e. The van der Waals surface area contributed by atoms with Crippen LogP contribution in [-0.4, -0.2) is 18.5 Å². The predicted octanol–water partition coefficient (Wildman–Crippen LogP) is 5.69. The van der Waals surface area contributed by atoms with Crippen LogP contribution in [0.4, 0.5) is 0 Å². The van der Waals surface area contributed by atoms with Crippen molar-refractivity contribution < 1.29 is 19.1 Å². The van der Waals surface area contributed by atoms with E-state index in [1.807, 2.05) is 18.2 Å². The summed E-state index contributed by atoms with van der Waals surface area (Å²) in [6.45, 7) is 6.58. The van der Waals surface area contributed by atoms with E-state index in [9.17, 15) is 9.59 Å². The third-order valence-corrected chi connectivity index (χ3v) is 4.63. The van der Waals surface area contributed by atoms with Crippen molar-refractivity contribution in [3.63, 3.8) is 0 Å². The molecule has 0 unspecified atom stereocenters. The Kier molecular flexibility index (Phi) is 10.7. The third kappa shape index (κ3) is 6.81. The van der Waals surface area contributed by atoms with Crippen LogP contribution in [0, 0.1) is 5.41 Å². The molecule has 0 N–H and O–H groups in total. The van der Waals surface area contributed by atoms with E-state index < -0.39 is 17.4 Å². The highest BCUT2D eigenvalue weighted by Gasteiger charge is 2.48. The van der Waals surface area contributed by atoms with E-state index in [-0.39, 0.29) is 0 Å². The smallest absolute Gasteiger partial charge is 0.328 e. The number of rotatable bonds is 13. The van der Waals surface area contributed by atoms with Crippen LogP contribution in [0.2, 0.25) is 0 Å². The molecule has 0 aliphatic heterocycles. The molecular weight excluding hydrogens is 328 g/mol. The Morgan fingerprint density at radius 1 is 0.808 bits per heavy atom. The summed E-state index contributed by atoms with van der Waals surface area (Å²) in [7, 11) is 0. The van der Waals surface area contributed by atoms with E-state index in [1.54, 1.807) is 12.1 Å². The van der Waals surface area contributed by atoms with Crippen molar-refractivity contribution in [2.45, 2.75) is 78.6 Å². The lowest BCUT2D eigenvalue weighted by atomic mass is 9.78. The highest BCUT2D eigenvalue weighted by molar-refractivity contribution is 6.00. The molecule has 1 rings (SSSR count). The first kappa shape index (κ1) is 22.2. The monoisotopic (exact) mass is 362 g/mol. The zero-order chi connectivity index (χ0) is 19.3. The quantitative estimate of drug-likeness (QED) is 0.196. The molecule has 0 heterocycles. The van der Waals surface area contributed by atoms with Gasteiger partial charge in [-0.15, -0.1) is 0 Å². The minimum Gasteiger partial charge on any atom is -0.465 e. The van der Waals surface area contributed by atoms with Crippen LogP contribution in [0.15, 0.2) is 30.3 Å². The van der Waals surface area contributed by atoms with Gasteiger partial charge in [-0.3, -0.25) is 9.59 Å². The van der Waals surface area contributed by atoms with E-state index >= 15 is 0 Å².